The smallest absolute Gasteiger partial charge is 0.340 e. The Kier molecular flexibility index (Phi) is 6.73. The molecule has 32 heavy (non-hydrogen) atoms. The average Bonchev–Trinajstić information content (AvgIpc) is 3.31. The van der Waals surface area contributed by atoms with E-state index in [9.17, 15) is 24.5 Å². The zero-order valence-corrected chi connectivity index (χ0v) is 17.2. The molecule has 1 aromatic carbocycles. The lowest BCUT2D eigenvalue weighted by atomic mass is 10.0. The molecule has 1 atom stereocenters. The van der Waals surface area contributed by atoms with E-state index in [2.05, 4.69) is 16.0 Å². The number of hydrogen-bond acceptors (Lipinski definition) is 9. The molecule has 2 heterocycles. The Morgan fingerprint density at radius 3 is 2.66 bits per heavy atom. The topological polar surface area (TPSA) is 162 Å². The molecular formula is C20H20N4O8. The largest absolute Gasteiger partial charge is 0.467 e. The summed E-state index contributed by atoms with van der Waals surface area (Å²) in [7, 11) is 1.54. The predicted molar refractivity (Wildman–Crippen MR) is 110 cm³/mol. The van der Waals surface area contributed by atoms with Gasteiger partial charge in [0.25, 0.3) is 5.69 Å². The van der Waals surface area contributed by atoms with E-state index in [1.165, 1.54) is 18.4 Å². The van der Waals surface area contributed by atoms with Crippen molar-refractivity contribution in [2.24, 2.45) is 0 Å². The Morgan fingerprint density at radius 1 is 1.25 bits per heavy atom. The number of benzene rings is 1. The SMILES string of the molecule is CCOC(=O)C1=C(COC(=O)c2cc([N+](=O)[O-])ccc2NC)NC(=O)NC1c1ccco1. The number of nitro groups is 1. The average molecular weight is 444 g/mol. The molecule has 0 aliphatic carbocycles. The first-order chi connectivity index (χ1) is 15.3. The Hall–Kier alpha value is -4.35. The van der Waals surface area contributed by atoms with Crippen molar-refractivity contribution in [2.45, 2.75) is 13.0 Å². The quantitative estimate of drug-likeness (QED) is 0.315. The number of nitro benzene ring substituents is 1. The first kappa shape index (κ1) is 22.3. The van der Waals surface area contributed by atoms with Gasteiger partial charge in [-0.2, -0.15) is 0 Å². The van der Waals surface area contributed by atoms with Crippen LogP contribution in [0.5, 0.6) is 0 Å². The third-order valence-corrected chi connectivity index (χ3v) is 4.53. The monoisotopic (exact) mass is 444 g/mol. The van der Waals surface area contributed by atoms with Gasteiger partial charge < -0.3 is 29.8 Å². The fraction of sp³-hybridized carbons (Fsp3) is 0.250. The van der Waals surface area contributed by atoms with Gasteiger partial charge in [-0.25, -0.2) is 14.4 Å². The molecule has 0 spiro atoms. The van der Waals surface area contributed by atoms with Crippen LogP contribution in [-0.2, 0) is 14.3 Å². The van der Waals surface area contributed by atoms with Crippen molar-refractivity contribution in [3.8, 4) is 0 Å². The van der Waals surface area contributed by atoms with Gasteiger partial charge in [-0.15, -0.1) is 0 Å². The van der Waals surface area contributed by atoms with Crippen molar-refractivity contribution >= 4 is 29.3 Å². The summed E-state index contributed by atoms with van der Waals surface area (Å²) in [5.74, 6) is -1.35. The molecule has 2 amide bonds. The maximum absolute atomic E-state index is 12.7. The number of rotatable bonds is 8. The van der Waals surface area contributed by atoms with Gasteiger partial charge in [0.2, 0.25) is 0 Å². The van der Waals surface area contributed by atoms with Crippen molar-refractivity contribution in [1.82, 2.24) is 10.6 Å². The summed E-state index contributed by atoms with van der Waals surface area (Å²) in [6.07, 6.45) is 1.38. The highest BCUT2D eigenvalue weighted by Crippen LogP contribution is 2.29. The van der Waals surface area contributed by atoms with Crippen LogP contribution in [-0.4, -0.2) is 43.2 Å². The van der Waals surface area contributed by atoms with Crippen LogP contribution in [0.3, 0.4) is 0 Å². The Morgan fingerprint density at radius 2 is 2.03 bits per heavy atom. The number of amides is 2. The number of esters is 2. The second-order valence-corrected chi connectivity index (χ2v) is 6.47. The number of non-ortho nitro benzene ring substituents is 1. The highest BCUT2D eigenvalue weighted by Gasteiger charge is 2.36. The first-order valence-electron chi connectivity index (χ1n) is 9.50. The number of nitrogens with one attached hydrogen (secondary N) is 3. The molecule has 3 N–H and O–H groups in total. The second-order valence-electron chi connectivity index (χ2n) is 6.47. The van der Waals surface area contributed by atoms with Gasteiger partial charge in [-0.1, -0.05) is 0 Å². The molecule has 1 unspecified atom stereocenters. The predicted octanol–water partition coefficient (Wildman–Crippen LogP) is 2.26. The molecule has 3 rings (SSSR count). The third kappa shape index (κ3) is 4.69. The van der Waals surface area contributed by atoms with Crippen LogP contribution in [0.4, 0.5) is 16.2 Å². The van der Waals surface area contributed by atoms with Crippen LogP contribution in [0.25, 0.3) is 0 Å². The summed E-state index contributed by atoms with van der Waals surface area (Å²) in [6.45, 7) is 1.20. The minimum Gasteiger partial charge on any atom is -0.467 e. The number of furan rings is 1. The van der Waals surface area contributed by atoms with Gasteiger partial charge in [0.1, 0.15) is 18.4 Å². The molecule has 0 radical (unpaired) electrons. The molecule has 0 saturated carbocycles. The molecule has 0 fully saturated rings. The van der Waals surface area contributed by atoms with Crippen LogP contribution < -0.4 is 16.0 Å². The molecule has 0 saturated heterocycles. The van der Waals surface area contributed by atoms with Crippen molar-refractivity contribution in [3.05, 3.63) is 69.3 Å². The normalized spacial score (nSPS) is 15.4. The Bertz CT molecular complexity index is 1080. The lowest BCUT2D eigenvalue weighted by Crippen LogP contribution is -2.47. The van der Waals surface area contributed by atoms with Crippen LogP contribution in [0.2, 0.25) is 0 Å². The van der Waals surface area contributed by atoms with E-state index in [1.54, 1.807) is 26.1 Å². The van der Waals surface area contributed by atoms with Crippen LogP contribution >= 0.6 is 0 Å². The highest BCUT2D eigenvalue weighted by atomic mass is 16.6. The summed E-state index contributed by atoms with van der Waals surface area (Å²) in [6, 6.07) is 5.24. The van der Waals surface area contributed by atoms with Crippen molar-refractivity contribution in [3.63, 3.8) is 0 Å². The molecule has 1 aliphatic heterocycles. The molecule has 12 heteroatoms. The molecule has 12 nitrogen and oxygen atoms in total. The number of anilines is 1. The minimum atomic E-state index is -0.961. The summed E-state index contributed by atoms with van der Waals surface area (Å²) in [4.78, 5) is 47.9. The number of urea groups is 1. The van der Waals surface area contributed by atoms with E-state index < -0.39 is 35.5 Å². The summed E-state index contributed by atoms with van der Waals surface area (Å²) < 4.78 is 15.7. The zero-order valence-electron chi connectivity index (χ0n) is 17.2. The van der Waals surface area contributed by atoms with Crippen LogP contribution in [0, 0.1) is 10.1 Å². The Balaban J connectivity index is 1.92. The van der Waals surface area contributed by atoms with E-state index in [-0.39, 0.29) is 34.9 Å². The van der Waals surface area contributed by atoms with Gasteiger partial charge in [-0.3, -0.25) is 10.1 Å². The summed E-state index contributed by atoms with van der Waals surface area (Å²) >= 11 is 0. The lowest BCUT2D eigenvalue weighted by Gasteiger charge is -2.27. The molecule has 1 aromatic heterocycles. The van der Waals surface area contributed by atoms with E-state index in [1.807, 2.05) is 0 Å². The first-order valence-corrected chi connectivity index (χ1v) is 9.50. The number of carbonyl (C=O) groups excluding carboxylic acids is 3. The second kappa shape index (κ2) is 9.64. The lowest BCUT2D eigenvalue weighted by molar-refractivity contribution is -0.384. The van der Waals surface area contributed by atoms with Crippen molar-refractivity contribution in [1.29, 1.82) is 0 Å². The minimum absolute atomic E-state index is 0.00149. The van der Waals surface area contributed by atoms with E-state index in [0.717, 1.165) is 6.07 Å². The highest BCUT2D eigenvalue weighted by molar-refractivity contribution is 5.97. The van der Waals surface area contributed by atoms with Crippen LogP contribution in [0.15, 0.2) is 52.3 Å². The summed E-state index contributed by atoms with van der Waals surface area (Å²) in [5, 5.41) is 18.8. The van der Waals surface area contributed by atoms with Gasteiger partial charge in [0.05, 0.1) is 34.6 Å². The number of ether oxygens (including phenoxy) is 2. The third-order valence-electron chi connectivity index (χ3n) is 4.53. The molecule has 1 aliphatic rings. The summed E-state index contributed by atoms with van der Waals surface area (Å²) in [5.41, 5.74) is -0.0678. The van der Waals surface area contributed by atoms with Gasteiger partial charge in [0, 0.05) is 24.9 Å². The number of carbonyl (C=O) groups is 3. The van der Waals surface area contributed by atoms with E-state index in [0.29, 0.717) is 5.69 Å². The van der Waals surface area contributed by atoms with Crippen molar-refractivity contribution in [2.75, 3.05) is 25.6 Å². The number of hydrogen-bond donors (Lipinski definition) is 3. The van der Waals surface area contributed by atoms with Crippen LogP contribution in [0.1, 0.15) is 29.1 Å². The van der Waals surface area contributed by atoms with Gasteiger partial charge in [0.15, 0.2) is 0 Å². The molecular weight excluding hydrogens is 424 g/mol. The molecule has 0 bridgehead atoms. The fourth-order valence-corrected chi connectivity index (χ4v) is 3.10. The standard InChI is InChI=1S/C20H20N4O8/c1-3-30-19(26)16-14(22-20(27)23-17(16)15-5-4-8-31-15)10-32-18(25)12-9-11(24(28)29)6-7-13(12)21-2/h4-9,17,21H,3,10H2,1-2H3,(H2,22,23,27). The molecule has 2 aromatic rings. The van der Waals surface area contributed by atoms with Gasteiger partial charge in [-0.05, 0) is 25.1 Å². The van der Waals surface area contributed by atoms with Gasteiger partial charge >= 0.3 is 18.0 Å². The molecule has 168 valence electrons. The number of nitrogens with zero attached hydrogens (tertiary/aromatic N) is 1. The Labute approximate surface area is 181 Å². The van der Waals surface area contributed by atoms with E-state index >= 15 is 0 Å². The van der Waals surface area contributed by atoms with Crippen molar-refractivity contribution < 1.29 is 33.2 Å². The van der Waals surface area contributed by atoms with E-state index in [4.69, 9.17) is 13.9 Å². The maximum Gasteiger partial charge on any atom is 0.340 e. The fourth-order valence-electron chi connectivity index (χ4n) is 3.10. The zero-order chi connectivity index (χ0) is 23.3. The maximum atomic E-state index is 12.7.